The van der Waals surface area contributed by atoms with Crippen LogP contribution >= 0.6 is 0 Å². The number of carbonyl (C=O) groups excluding carboxylic acids is 1. The van der Waals surface area contributed by atoms with Crippen molar-refractivity contribution in [2.45, 2.75) is 13.8 Å². The molecule has 1 saturated heterocycles. The first-order valence-electron chi connectivity index (χ1n) is 7.16. The van der Waals surface area contributed by atoms with E-state index in [1.165, 1.54) is 0 Å². The highest BCUT2D eigenvalue weighted by Crippen LogP contribution is 2.17. The van der Waals surface area contributed by atoms with Crippen LogP contribution in [0.15, 0.2) is 24.3 Å². The van der Waals surface area contributed by atoms with Crippen LogP contribution in [0.2, 0.25) is 0 Å². The van der Waals surface area contributed by atoms with Crippen LogP contribution in [0, 0.1) is 0 Å². The molecule has 0 spiro atoms. The number of carbonyl (C=O) groups is 1. The maximum absolute atomic E-state index is 12.4. The standard InChI is InChI=1S/C13H16N4O.C2H6/c1-16-6-8-17(9-7-16)13(18)12-10-4-2-3-5-11(10)14-15-12;1-2/h2-5H,6-9H2,1H3,(H,14,15);1-2H3. The zero-order chi connectivity index (χ0) is 14.5. The summed E-state index contributed by atoms with van der Waals surface area (Å²) < 4.78 is 0. The Hall–Kier alpha value is -1.88. The lowest BCUT2D eigenvalue weighted by Gasteiger charge is -2.31. The van der Waals surface area contributed by atoms with Gasteiger partial charge in [0.05, 0.1) is 5.52 Å². The van der Waals surface area contributed by atoms with Gasteiger partial charge in [-0.25, -0.2) is 0 Å². The van der Waals surface area contributed by atoms with Crippen molar-refractivity contribution >= 4 is 16.8 Å². The molecule has 3 rings (SSSR count). The van der Waals surface area contributed by atoms with Gasteiger partial charge >= 0.3 is 0 Å². The fraction of sp³-hybridized carbons (Fsp3) is 0.467. The highest BCUT2D eigenvalue weighted by Gasteiger charge is 2.23. The molecular formula is C15H22N4O. The number of nitrogens with one attached hydrogen (secondary N) is 1. The second kappa shape index (κ2) is 6.52. The third-order valence-electron chi connectivity index (χ3n) is 3.46. The maximum atomic E-state index is 12.4. The summed E-state index contributed by atoms with van der Waals surface area (Å²) in [5.74, 6) is 0.0283. The predicted molar refractivity (Wildman–Crippen MR) is 80.8 cm³/mol. The Balaban J connectivity index is 0.000000704. The number of H-pyrrole nitrogens is 1. The molecule has 5 heteroatoms. The minimum Gasteiger partial charge on any atom is -0.335 e. The number of fused-ring (bicyclic) bond motifs is 1. The van der Waals surface area contributed by atoms with Crippen molar-refractivity contribution in [3.05, 3.63) is 30.0 Å². The maximum Gasteiger partial charge on any atom is 0.275 e. The number of piperazine rings is 1. The lowest BCUT2D eigenvalue weighted by atomic mass is 10.2. The van der Waals surface area contributed by atoms with Gasteiger partial charge in [0.25, 0.3) is 5.91 Å². The molecule has 0 aliphatic carbocycles. The van der Waals surface area contributed by atoms with Crippen molar-refractivity contribution in [3.63, 3.8) is 0 Å². The predicted octanol–water partition coefficient (Wildman–Crippen LogP) is 1.98. The molecule has 1 aliphatic rings. The van der Waals surface area contributed by atoms with Gasteiger partial charge in [-0.1, -0.05) is 32.0 Å². The number of aromatic amines is 1. The molecule has 0 unspecified atom stereocenters. The van der Waals surface area contributed by atoms with Gasteiger partial charge < -0.3 is 9.80 Å². The van der Waals surface area contributed by atoms with Crippen LogP contribution in [-0.4, -0.2) is 59.1 Å². The van der Waals surface area contributed by atoms with E-state index in [1.54, 1.807) is 0 Å². The molecule has 0 radical (unpaired) electrons. The van der Waals surface area contributed by atoms with E-state index in [4.69, 9.17) is 0 Å². The average Bonchev–Trinajstić information content (AvgIpc) is 2.93. The van der Waals surface area contributed by atoms with E-state index in [0.717, 1.165) is 37.1 Å². The molecule has 20 heavy (non-hydrogen) atoms. The number of likely N-dealkylation sites (N-methyl/N-ethyl adjacent to an activating group) is 1. The quantitative estimate of drug-likeness (QED) is 0.865. The summed E-state index contributed by atoms with van der Waals surface area (Å²) in [6.07, 6.45) is 0. The van der Waals surface area contributed by atoms with E-state index in [9.17, 15) is 4.79 Å². The number of aromatic nitrogens is 2. The van der Waals surface area contributed by atoms with Gasteiger partial charge in [-0.05, 0) is 13.1 Å². The van der Waals surface area contributed by atoms with E-state index in [-0.39, 0.29) is 5.91 Å². The number of hydrogen-bond acceptors (Lipinski definition) is 3. The number of benzene rings is 1. The summed E-state index contributed by atoms with van der Waals surface area (Å²) in [6, 6.07) is 7.73. The third kappa shape index (κ3) is 2.82. The highest BCUT2D eigenvalue weighted by atomic mass is 16.2. The second-order valence-corrected chi connectivity index (χ2v) is 4.71. The first-order valence-corrected chi connectivity index (χ1v) is 7.16. The first kappa shape index (κ1) is 14.5. The van der Waals surface area contributed by atoms with Gasteiger partial charge in [0.15, 0.2) is 5.69 Å². The summed E-state index contributed by atoms with van der Waals surface area (Å²) in [7, 11) is 2.08. The first-order chi connectivity index (χ1) is 9.75. The number of rotatable bonds is 1. The molecule has 2 heterocycles. The van der Waals surface area contributed by atoms with Crippen LogP contribution in [0.1, 0.15) is 24.3 Å². The van der Waals surface area contributed by atoms with Gasteiger partial charge in [0, 0.05) is 31.6 Å². The fourth-order valence-electron chi connectivity index (χ4n) is 2.29. The molecule has 0 bridgehead atoms. The van der Waals surface area contributed by atoms with Crippen LogP contribution in [0.3, 0.4) is 0 Å². The van der Waals surface area contributed by atoms with Crippen molar-refractivity contribution in [2.24, 2.45) is 0 Å². The zero-order valence-corrected chi connectivity index (χ0v) is 12.4. The Morgan fingerprint density at radius 2 is 1.80 bits per heavy atom. The number of para-hydroxylation sites is 1. The largest absolute Gasteiger partial charge is 0.335 e. The Morgan fingerprint density at radius 3 is 2.50 bits per heavy atom. The summed E-state index contributed by atoms with van der Waals surface area (Å²) in [5.41, 5.74) is 1.45. The third-order valence-corrected chi connectivity index (χ3v) is 3.46. The van der Waals surface area contributed by atoms with Crippen molar-refractivity contribution < 1.29 is 4.79 Å². The SMILES string of the molecule is CC.CN1CCN(C(=O)c2n[nH]c3ccccc23)CC1. The molecule has 0 atom stereocenters. The van der Waals surface area contributed by atoms with Crippen molar-refractivity contribution in [1.82, 2.24) is 20.0 Å². The highest BCUT2D eigenvalue weighted by molar-refractivity contribution is 6.04. The summed E-state index contributed by atoms with van der Waals surface area (Å²) in [4.78, 5) is 16.5. The second-order valence-electron chi connectivity index (χ2n) is 4.71. The summed E-state index contributed by atoms with van der Waals surface area (Å²) in [5, 5.41) is 7.97. The molecule has 108 valence electrons. The fourth-order valence-corrected chi connectivity index (χ4v) is 2.29. The van der Waals surface area contributed by atoms with Crippen LogP contribution in [-0.2, 0) is 0 Å². The summed E-state index contributed by atoms with van der Waals surface area (Å²) in [6.45, 7) is 7.40. The monoisotopic (exact) mass is 274 g/mol. The van der Waals surface area contributed by atoms with E-state index < -0.39 is 0 Å². The van der Waals surface area contributed by atoms with Crippen molar-refractivity contribution in [3.8, 4) is 0 Å². The molecule has 0 saturated carbocycles. The Labute approximate surface area is 119 Å². The topological polar surface area (TPSA) is 52.2 Å². The minimum atomic E-state index is 0.0283. The Bertz CT molecular complexity index is 570. The Kier molecular flexibility index (Phi) is 4.74. The lowest BCUT2D eigenvalue weighted by Crippen LogP contribution is -2.47. The van der Waals surface area contributed by atoms with E-state index in [1.807, 2.05) is 43.0 Å². The van der Waals surface area contributed by atoms with Gasteiger partial charge in [-0.15, -0.1) is 0 Å². The van der Waals surface area contributed by atoms with Gasteiger partial charge in [0.1, 0.15) is 0 Å². The van der Waals surface area contributed by atoms with Gasteiger partial charge in [0.2, 0.25) is 0 Å². The molecule has 1 aromatic heterocycles. The van der Waals surface area contributed by atoms with Crippen LogP contribution in [0.4, 0.5) is 0 Å². The molecule has 1 N–H and O–H groups in total. The molecule has 1 aliphatic heterocycles. The molecule has 1 amide bonds. The molecule has 2 aromatic rings. The van der Waals surface area contributed by atoms with Gasteiger partial charge in [-0.3, -0.25) is 9.89 Å². The van der Waals surface area contributed by atoms with Gasteiger partial charge in [-0.2, -0.15) is 5.10 Å². The molecular weight excluding hydrogens is 252 g/mol. The smallest absolute Gasteiger partial charge is 0.275 e. The average molecular weight is 274 g/mol. The molecule has 1 aromatic carbocycles. The zero-order valence-electron chi connectivity index (χ0n) is 12.4. The van der Waals surface area contributed by atoms with E-state index in [2.05, 4.69) is 22.1 Å². The normalized spacial score (nSPS) is 15.8. The number of hydrogen-bond donors (Lipinski definition) is 1. The van der Waals surface area contributed by atoms with E-state index in [0.29, 0.717) is 5.69 Å². The molecule has 5 nitrogen and oxygen atoms in total. The van der Waals surface area contributed by atoms with Crippen LogP contribution in [0.5, 0.6) is 0 Å². The number of amides is 1. The van der Waals surface area contributed by atoms with E-state index >= 15 is 0 Å². The lowest BCUT2D eigenvalue weighted by molar-refractivity contribution is 0.0660. The summed E-state index contributed by atoms with van der Waals surface area (Å²) >= 11 is 0. The number of nitrogens with zero attached hydrogens (tertiary/aromatic N) is 3. The van der Waals surface area contributed by atoms with Crippen molar-refractivity contribution in [2.75, 3.05) is 33.2 Å². The van der Waals surface area contributed by atoms with Crippen LogP contribution < -0.4 is 0 Å². The minimum absolute atomic E-state index is 0.0283. The van der Waals surface area contributed by atoms with Crippen LogP contribution in [0.25, 0.3) is 10.9 Å². The molecule has 1 fully saturated rings. The van der Waals surface area contributed by atoms with Crippen molar-refractivity contribution in [1.29, 1.82) is 0 Å². The Morgan fingerprint density at radius 1 is 1.15 bits per heavy atom.